The zero-order valence-corrected chi connectivity index (χ0v) is 14.7. The number of carbonyl (C=O) groups excluding carboxylic acids is 1. The van der Waals surface area contributed by atoms with Gasteiger partial charge in [-0.2, -0.15) is 0 Å². The number of hydrogen-bond donors (Lipinski definition) is 3. The molecule has 0 bridgehead atoms. The molecule has 9 heteroatoms. The zero-order valence-electron chi connectivity index (χ0n) is 14.7. The summed E-state index contributed by atoms with van der Waals surface area (Å²) in [6, 6.07) is 10.6. The first-order valence-corrected chi connectivity index (χ1v) is 8.08. The average molecular weight is 367 g/mol. The van der Waals surface area contributed by atoms with Crippen LogP contribution in [0.25, 0.3) is 11.3 Å². The van der Waals surface area contributed by atoms with Crippen LogP contribution < -0.4 is 10.6 Å². The number of amides is 2. The van der Waals surface area contributed by atoms with Crippen molar-refractivity contribution < 1.29 is 19.1 Å². The lowest BCUT2D eigenvalue weighted by Gasteiger charge is -2.13. The van der Waals surface area contributed by atoms with Crippen LogP contribution in [0.1, 0.15) is 27.8 Å². The van der Waals surface area contributed by atoms with Gasteiger partial charge < -0.3 is 14.8 Å². The molecule has 0 saturated heterocycles. The van der Waals surface area contributed by atoms with Crippen molar-refractivity contribution in [2.75, 3.05) is 5.32 Å². The Hall–Kier alpha value is -3.75. The van der Waals surface area contributed by atoms with Crippen LogP contribution >= 0.6 is 0 Å². The standard InChI is InChI=1S/C18H17N5O4/c1-10-8-13(20-18(25)26)16(12-6-4-3-5-7-12)21-15(10)17(24)19-9-14-23-22-11(2)27-14/h3-8,20H,9H2,1-2H3,(H,19,24)(H,25,26). The maximum atomic E-state index is 12.6. The predicted octanol–water partition coefficient (Wildman–Crippen LogP) is 2.77. The van der Waals surface area contributed by atoms with E-state index in [9.17, 15) is 9.59 Å². The number of pyridine rings is 1. The second-order valence-corrected chi connectivity index (χ2v) is 5.74. The van der Waals surface area contributed by atoms with Gasteiger partial charge in [0.15, 0.2) is 0 Å². The normalized spacial score (nSPS) is 10.4. The van der Waals surface area contributed by atoms with Gasteiger partial charge in [-0.25, -0.2) is 9.78 Å². The largest absolute Gasteiger partial charge is 0.465 e. The molecule has 0 fully saturated rings. The van der Waals surface area contributed by atoms with Crippen LogP contribution in [-0.2, 0) is 6.54 Å². The molecule has 1 aromatic carbocycles. The summed E-state index contributed by atoms with van der Waals surface area (Å²) in [6.07, 6.45) is -1.21. The molecule has 0 unspecified atom stereocenters. The van der Waals surface area contributed by atoms with Crippen molar-refractivity contribution in [3.8, 4) is 11.3 Å². The lowest BCUT2D eigenvalue weighted by Crippen LogP contribution is -2.25. The molecule has 9 nitrogen and oxygen atoms in total. The van der Waals surface area contributed by atoms with Crippen LogP contribution in [0, 0.1) is 13.8 Å². The number of carboxylic acid groups (broad SMARTS) is 1. The fourth-order valence-electron chi connectivity index (χ4n) is 2.52. The van der Waals surface area contributed by atoms with Crippen molar-refractivity contribution >= 4 is 17.7 Å². The molecule has 0 aliphatic rings. The van der Waals surface area contributed by atoms with Crippen molar-refractivity contribution in [1.82, 2.24) is 20.5 Å². The topological polar surface area (TPSA) is 130 Å². The van der Waals surface area contributed by atoms with E-state index in [2.05, 4.69) is 25.8 Å². The second-order valence-electron chi connectivity index (χ2n) is 5.74. The summed E-state index contributed by atoms with van der Waals surface area (Å²) in [5, 5.41) is 21.6. The van der Waals surface area contributed by atoms with E-state index >= 15 is 0 Å². The molecule has 138 valence electrons. The number of benzene rings is 1. The summed E-state index contributed by atoms with van der Waals surface area (Å²) in [7, 11) is 0. The van der Waals surface area contributed by atoms with Crippen molar-refractivity contribution in [2.45, 2.75) is 20.4 Å². The molecular formula is C18H17N5O4. The molecular weight excluding hydrogens is 350 g/mol. The van der Waals surface area contributed by atoms with Crippen molar-refractivity contribution in [2.24, 2.45) is 0 Å². The lowest BCUT2D eigenvalue weighted by atomic mass is 10.1. The summed E-state index contributed by atoms with van der Waals surface area (Å²) >= 11 is 0. The van der Waals surface area contributed by atoms with E-state index in [1.165, 1.54) is 0 Å². The molecule has 0 aliphatic heterocycles. The maximum absolute atomic E-state index is 12.6. The second kappa shape index (κ2) is 7.65. The van der Waals surface area contributed by atoms with Gasteiger partial charge in [0, 0.05) is 12.5 Å². The van der Waals surface area contributed by atoms with E-state index in [4.69, 9.17) is 9.52 Å². The smallest absolute Gasteiger partial charge is 0.409 e. The highest BCUT2D eigenvalue weighted by Gasteiger charge is 2.18. The molecule has 2 amide bonds. The number of anilines is 1. The first kappa shape index (κ1) is 18.1. The van der Waals surface area contributed by atoms with E-state index in [0.717, 1.165) is 0 Å². The third-order valence-corrected chi connectivity index (χ3v) is 3.69. The Balaban J connectivity index is 1.92. The van der Waals surface area contributed by atoms with Crippen LogP contribution in [0.5, 0.6) is 0 Å². The number of aryl methyl sites for hydroxylation is 2. The first-order valence-electron chi connectivity index (χ1n) is 8.08. The van der Waals surface area contributed by atoms with E-state index in [1.807, 2.05) is 6.07 Å². The van der Waals surface area contributed by atoms with Crippen molar-refractivity contribution in [3.63, 3.8) is 0 Å². The fourth-order valence-corrected chi connectivity index (χ4v) is 2.52. The van der Waals surface area contributed by atoms with Crippen LogP contribution in [-0.4, -0.2) is 32.3 Å². The highest BCUT2D eigenvalue weighted by atomic mass is 16.4. The summed E-state index contributed by atoms with van der Waals surface area (Å²) in [5.74, 6) is 0.261. The minimum Gasteiger partial charge on any atom is -0.465 e. The third kappa shape index (κ3) is 4.27. The lowest BCUT2D eigenvalue weighted by molar-refractivity contribution is 0.0941. The van der Waals surface area contributed by atoms with Crippen molar-refractivity contribution in [3.05, 3.63) is 59.4 Å². The van der Waals surface area contributed by atoms with E-state index in [1.54, 1.807) is 44.2 Å². The Morgan fingerprint density at radius 2 is 1.89 bits per heavy atom. The quantitative estimate of drug-likeness (QED) is 0.632. The molecule has 2 heterocycles. The summed E-state index contributed by atoms with van der Waals surface area (Å²) < 4.78 is 5.22. The van der Waals surface area contributed by atoms with Crippen LogP contribution in [0.2, 0.25) is 0 Å². The number of rotatable bonds is 5. The third-order valence-electron chi connectivity index (χ3n) is 3.69. The number of aromatic nitrogens is 3. The molecule has 3 N–H and O–H groups in total. The molecule has 3 aromatic rings. The Morgan fingerprint density at radius 1 is 1.15 bits per heavy atom. The minimum absolute atomic E-state index is 0.0661. The molecule has 0 radical (unpaired) electrons. The average Bonchev–Trinajstić information content (AvgIpc) is 3.05. The van der Waals surface area contributed by atoms with Crippen LogP contribution in [0.15, 0.2) is 40.8 Å². The van der Waals surface area contributed by atoms with Gasteiger partial charge in [-0.1, -0.05) is 30.3 Å². The molecule has 0 saturated carbocycles. The number of nitrogens with one attached hydrogen (secondary N) is 2. The van der Waals surface area contributed by atoms with Gasteiger partial charge >= 0.3 is 6.09 Å². The van der Waals surface area contributed by atoms with Crippen LogP contribution in [0.4, 0.5) is 10.5 Å². The highest BCUT2D eigenvalue weighted by molar-refractivity contribution is 5.97. The fraction of sp³-hybridized carbons (Fsp3) is 0.167. The Bertz CT molecular complexity index is 985. The van der Waals surface area contributed by atoms with E-state index in [0.29, 0.717) is 28.4 Å². The van der Waals surface area contributed by atoms with Gasteiger partial charge in [0.1, 0.15) is 5.69 Å². The number of hydrogen-bond acceptors (Lipinski definition) is 6. The summed E-state index contributed by atoms with van der Waals surface area (Å²) in [6.45, 7) is 3.40. The molecule has 0 aliphatic carbocycles. The maximum Gasteiger partial charge on any atom is 0.409 e. The SMILES string of the molecule is Cc1nnc(CNC(=O)c2nc(-c3ccccc3)c(NC(=O)O)cc2C)o1. The Kier molecular flexibility index (Phi) is 5.11. The first-order chi connectivity index (χ1) is 12.9. The Morgan fingerprint density at radius 3 is 2.52 bits per heavy atom. The van der Waals surface area contributed by atoms with Gasteiger partial charge in [-0.05, 0) is 18.6 Å². The zero-order chi connectivity index (χ0) is 19.4. The molecule has 27 heavy (non-hydrogen) atoms. The van der Waals surface area contributed by atoms with Gasteiger partial charge in [-0.3, -0.25) is 10.1 Å². The number of nitrogens with zero attached hydrogens (tertiary/aromatic N) is 3. The molecule has 3 rings (SSSR count). The molecule has 2 aromatic heterocycles. The Labute approximate surface area is 154 Å². The van der Waals surface area contributed by atoms with Crippen molar-refractivity contribution in [1.29, 1.82) is 0 Å². The van der Waals surface area contributed by atoms with Gasteiger partial charge in [0.2, 0.25) is 11.8 Å². The van der Waals surface area contributed by atoms with Crippen LogP contribution in [0.3, 0.4) is 0 Å². The minimum atomic E-state index is -1.21. The van der Waals surface area contributed by atoms with Gasteiger partial charge in [-0.15, -0.1) is 10.2 Å². The van der Waals surface area contributed by atoms with E-state index < -0.39 is 12.0 Å². The predicted molar refractivity (Wildman–Crippen MR) is 96.3 cm³/mol. The molecule has 0 atom stereocenters. The van der Waals surface area contributed by atoms with Gasteiger partial charge in [0.05, 0.1) is 17.9 Å². The summed E-state index contributed by atoms with van der Waals surface area (Å²) in [4.78, 5) is 28.1. The number of carbonyl (C=O) groups is 2. The molecule has 0 spiro atoms. The monoisotopic (exact) mass is 367 g/mol. The van der Waals surface area contributed by atoms with Gasteiger partial charge in [0.25, 0.3) is 5.91 Å². The van der Waals surface area contributed by atoms with E-state index in [-0.39, 0.29) is 18.1 Å². The summed E-state index contributed by atoms with van der Waals surface area (Å²) in [5.41, 5.74) is 2.05. The highest BCUT2D eigenvalue weighted by Crippen LogP contribution is 2.28.